The summed E-state index contributed by atoms with van der Waals surface area (Å²) in [4.78, 5) is 113. The van der Waals surface area contributed by atoms with Crippen molar-refractivity contribution in [3.05, 3.63) is 62.4 Å². The highest BCUT2D eigenvalue weighted by Gasteiger charge is 2.58. The number of carbonyl (C=O) groups excluding carboxylic acids is 1. The Balaban J connectivity index is 0.971. The first-order valence-corrected chi connectivity index (χ1v) is 28.1. The predicted molar refractivity (Wildman–Crippen MR) is 248 cm³/mol. The van der Waals surface area contributed by atoms with E-state index in [0.29, 0.717) is 0 Å². The minimum Gasteiger partial charge on any atom is -0.387 e. The number of nitrogens with two attached hydrogens (primary N) is 2. The summed E-state index contributed by atoms with van der Waals surface area (Å²) >= 11 is 0. The van der Waals surface area contributed by atoms with Crippen LogP contribution in [0.4, 0.5) is 11.8 Å². The van der Waals surface area contributed by atoms with Crippen molar-refractivity contribution in [1.29, 1.82) is 0 Å². The van der Waals surface area contributed by atoms with E-state index in [4.69, 9.17) is 48.7 Å². The Kier molecular flexibility index (Phi) is 16.5. The number of rotatable bonds is 21. The molecule has 418 valence electrons. The van der Waals surface area contributed by atoms with Crippen molar-refractivity contribution in [2.45, 2.75) is 73.5 Å². The van der Waals surface area contributed by atoms with Crippen molar-refractivity contribution in [3.63, 3.8) is 0 Å². The Hall–Kier alpha value is -5.07. The second kappa shape index (κ2) is 22.0. The van der Waals surface area contributed by atoms with Crippen molar-refractivity contribution < 1.29 is 103 Å². The number of imidazole rings is 2. The molecule has 0 spiro atoms. The maximum absolute atomic E-state index is 14.3. The van der Waals surface area contributed by atoms with Gasteiger partial charge in [0.15, 0.2) is 30.2 Å². The molecule has 41 heteroatoms. The normalized spacial score (nSPS) is 30.0. The molecule has 3 fully saturated rings. The number of anilines is 2. The number of nitrogen functional groups attached to an aromatic ring is 2. The highest BCUT2D eigenvalue weighted by Crippen LogP contribution is 2.68. The number of H-pyrrole nitrogens is 2. The standard InChI is InChI=1S/C35H49N13O24P4/c1-38-19(50)7-14-15(68-32(24(14)63-3)48-13-45(2)21-29(48)43-34(37)44-30(21)53)8-66-74(57,58)71-76(61,62)72-75(59,60)67-10-17-26(25(64-4)33(70-17)47-12-41-20-27(36)39-11-40-28(20)47)73(55,56)65-9-16-22(51)23(52)31(69-16)46-6-5-18(49)42-35(46)54/h5-6,11-17,22-26,31-33,51-52H,7-10H2,1-4H3,(H10-,36,37,38,39,40,42,43,44,49,50,53,54,55,56,57,58,59,60,61,62)/p+1/t14-,15-,16-,17-,22-,23-,24-,25-,26-,31-,32-,33-/m1/s1. The van der Waals surface area contributed by atoms with Crippen LogP contribution in [0.3, 0.4) is 0 Å². The fraction of sp³-hybridized carbons (Fsp3) is 0.571. The summed E-state index contributed by atoms with van der Waals surface area (Å²) in [6.07, 6.45) is -11.5. The molecule has 3 saturated heterocycles. The van der Waals surface area contributed by atoms with Crippen LogP contribution in [0.15, 0.2) is 45.6 Å². The third-order valence-corrected chi connectivity index (χ3v) is 18.4. The van der Waals surface area contributed by atoms with Crippen molar-refractivity contribution in [2.75, 3.05) is 52.6 Å². The lowest BCUT2D eigenvalue weighted by atomic mass is 9.94. The molecule has 1 amide bonds. The lowest BCUT2D eigenvalue weighted by Crippen LogP contribution is -2.46. The number of aliphatic hydroxyl groups excluding tert-OH is 2. The van der Waals surface area contributed by atoms with Crippen LogP contribution in [0.25, 0.3) is 22.3 Å². The van der Waals surface area contributed by atoms with Crippen LogP contribution in [0.1, 0.15) is 25.1 Å². The number of nitrogens with one attached hydrogen (secondary N) is 3. The van der Waals surface area contributed by atoms with Gasteiger partial charge in [0.25, 0.3) is 17.1 Å². The van der Waals surface area contributed by atoms with Crippen LogP contribution in [-0.2, 0) is 76.0 Å². The Morgan fingerprint density at radius 2 is 1.47 bits per heavy atom. The predicted octanol–water partition coefficient (Wildman–Crippen LogP) is -3.76. The molecule has 0 saturated carbocycles. The molecule has 5 aromatic heterocycles. The summed E-state index contributed by atoms with van der Waals surface area (Å²) < 4.78 is 112. The molecule has 0 aromatic carbocycles. The first-order chi connectivity index (χ1) is 35.7. The number of aromatic nitrogens is 10. The molecule has 13 N–H and O–H groups in total. The van der Waals surface area contributed by atoms with Crippen molar-refractivity contribution in [2.24, 2.45) is 13.0 Å². The molecule has 16 atom stereocenters. The molecule has 4 unspecified atom stereocenters. The Bertz CT molecular complexity index is 3370. The molecule has 5 aromatic rings. The summed E-state index contributed by atoms with van der Waals surface area (Å²) in [6, 6.07) is 0.925. The van der Waals surface area contributed by atoms with E-state index in [1.54, 1.807) is 0 Å². The van der Waals surface area contributed by atoms with Gasteiger partial charge in [-0.2, -0.15) is 8.62 Å². The van der Waals surface area contributed by atoms with Crippen LogP contribution >= 0.6 is 31.1 Å². The molecule has 37 nitrogen and oxygen atoms in total. The van der Waals surface area contributed by atoms with Gasteiger partial charge in [-0.1, -0.05) is 4.98 Å². The van der Waals surface area contributed by atoms with Crippen molar-refractivity contribution in [3.8, 4) is 0 Å². The third-order valence-electron chi connectivity index (χ3n) is 12.3. The van der Waals surface area contributed by atoms with E-state index in [1.807, 2.05) is 4.98 Å². The molecular formula is C35H50N13O24P4+. The number of amides is 1. The zero-order valence-electron chi connectivity index (χ0n) is 39.7. The smallest absolute Gasteiger partial charge is 0.387 e. The average Bonchev–Trinajstić information content (AvgIpc) is 4.18. The van der Waals surface area contributed by atoms with Gasteiger partial charge in [0.2, 0.25) is 17.7 Å². The van der Waals surface area contributed by atoms with Crippen LogP contribution in [0.5, 0.6) is 0 Å². The first-order valence-electron chi connectivity index (χ1n) is 21.9. The van der Waals surface area contributed by atoms with Gasteiger partial charge in [0.1, 0.15) is 54.1 Å². The number of phosphoric ester groups is 2. The summed E-state index contributed by atoms with van der Waals surface area (Å²) in [6.45, 7) is -3.29. The second-order valence-electron chi connectivity index (χ2n) is 17.0. The van der Waals surface area contributed by atoms with E-state index in [0.717, 1.165) is 36.6 Å². The van der Waals surface area contributed by atoms with Gasteiger partial charge < -0.3 is 74.8 Å². The Labute approximate surface area is 423 Å². The van der Waals surface area contributed by atoms with E-state index >= 15 is 0 Å². The van der Waals surface area contributed by atoms with Gasteiger partial charge >= 0.3 is 42.4 Å². The van der Waals surface area contributed by atoms with Gasteiger partial charge in [-0.25, -0.2) is 38.0 Å². The molecule has 8 heterocycles. The number of fused-ring (bicyclic) bond motifs is 2. The molecule has 8 rings (SSSR count). The molecule has 3 aliphatic heterocycles. The average molecular weight is 1160 g/mol. The first kappa shape index (κ1) is 57.1. The lowest BCUT2D eigenvalue weighted by molar-refractivity contribution is -0.746. The number of aryl methyl sites for hydroxylation is 1. The number of nitrogens with zero attached hydrogens (tertiary/aromatic N) is 8. The topological polar surface area (TPSA) is 516 Å². The minimum atomic E-state index is -6.22. The van der Waals surface area contributed by atoms with Crippen LogP contribution in [0, 0.1) is 5.92 Å². The highest BCUT2D eigenvalue weighted by atomic mass is 31.3. The maximum Gasteiger partial charge on any atom is 0.490 e. The van der Waals surface area contributed by atoms with E-state index in [-0.39, 0.29) is 40.5 Å². The molecule has 0 aliphatic carbocycles. The number of aliphatic hydroxyl groups is 2. The van der Waals surface area contributed by atoms with Crippen LogP contribution in [-0.4, -0.2) is 169 Å². The van der Waals surface area contributed by atoms with Crippen LogP contribution in [0.2, 0.25) is 0 Å². The number of aromatic amines is 2. The van der Waals surface area contributed by atoms with Crippen LogP contribution < -0.4 is 38.2 Å². The summed E-state index contributed by atoms with van der Waals surface area (Å²) in [5, 5.41) is 23.9. The summed E-state index contributed by atoms with van der Waals surface area (Å²) in [5.41, 5.74) is 7.39. The Morgan fingerprint density at radius 1 is 0.829 bits per heavy atom. The monoisotopic (exact) mass is 1160 g/mol. The number of hydrogen-bond donors (Lipinski definition) is 11. The Morgan fingerprint density at radius 3 is 2.12 bits per heavy atom. The van der Waals surface area contributed by atoms with E-state index in [1.165, 1.54) is 41.2 Å². The molecule has 0 bridgehead atoms. The minimum absolute atomic E-state index is 0.0111. The number of phosphoric acid groups is 3. The van der Waals surface area contributed by atoms with E-state index in [2.05, 4.69) is 38.9 Å². The van der Waals surface area contributed by atoms with Crippen molar-refractivity contribution in [1.82, 2.24) is 48.9 Å². The number of hydrogen-bond acceptors (Lipinski definition) is 26. The molecular weight excluding hydrogens is 1110 g/mol. The third kappa shape index (κ3) is 11.7. The second-order valence-corrected chi connectivity index (χ2v) is 23.6. The van der Waals surface area contributed by atoms with Gasteiger partial charge in [-0.15, -0.1) is 0 Å². The number of ether oxygens (including phenoxy) is 5. The lowest BCUT2D eigenvalue weighted by Gasteiger charge is -2.28. The zero-order chi connectivity index (χ0) is 55.4. The maximum atomic E-state index is 14.3. The van der Waals surface area contributed by atoms with Gasteiger partial charge in [0.05, 0.1) is 39.3 Å². The summed E-state index contributed by atoms with van der Waals surface area (Å²) in [7, 11) is -18.2. The fourth-order valence-electron chi connectivity index (χ4n) is 8.91. The molecule has 3 aliphatic rings. The largest absolute Gasteiger partial charge is 0.490 e. The SMILES string of the molecule is CNC(=O)C[C@H]1[C@@H](OC)[C@H]([n+]2cn(C)c3c(=O)[nH]c(N)nc32)O[C@@H]1COP(=O)(O)OP(=O)(O)OP(=O)(O)OC[C@H]1O[C@@H](n2cnc3c(N)ncnc32)[C@H](OC)[C@@H]1P(=O)(O)OC[C@H]1O[C@@H](n2ccc(=O)[nH]c2=O)[C@H](O)[C@@H]1O. The molecule has 0 radical (unpaired) electrons. The van der Waals surface area contributed by atoms with Gasteiger partial charge in [0, 0.05) is 45.9 Å². The molecule has 76 heavy (non-hydrogen) atoms. The van der Waals surface area contributed by atoms with Crippen molar-refractivity contribution >= 4 is 71.1 Å². The number of methoxy groups -OCH3 is 2. The van der Waals surface area contributed by atoms with Gasteiger partial charge in [-0.3, -0.25) is 51.7 Å². The number of carbonyl (C=O) groups is 1. The van der Waals surface area contributed by atoms with E-state index in [9.17, 15) is 67.2 Å². The zero-order valence-corrected chi connectivity index (χ0v) is 43.3. The highest BCUT2D eigenvalue weighted by molar-refractivity contribution is 7.66. The quantitative estimate of drug-likeness (QED) is 0.0248. The van der Waals surface area contributed by atoms with E-state index < -0.39 is 147 Å². The summed E-state index contributed by atoms with van der Waals surface area (Å²) in [5.74, 6) is -1.92. The van der Waals surface area contributed by atoms with Gasteiger partial charge in [-0.05, 0) is 0 Å². The fourth-order valence-corrected chi connectivity index (χ4v) is 14.2.